The number of allylic oxidation sites excluding steroid dienone is 1. The summed E-state index contributed by atoms with van der Waals surface area (Å²) in [6.07, 6.45) is 19.4. The van der Waals surface area contributed by atoms with E-state index in [0.29, 0.717) is 0 Å². The van der Waals surface area contributed by atoms with Crippen molar-refractivity contribution in [2.24, 2.45) is 0 Å². The topological polar surface area (TPSA) is 66.8 Å². The fourth-order valence-corrected chi connectivity index (χ4v) is 2.54. The molecule has 0 radical (unpaired) electrons. The maximum Gasteiger partial charge on any atom is 0.524 e. The molecule has 0 saturated carbocycles. The molecule has 0 aliphatic carbocycles. The van der Waals surface area contributed by atoms with Crippen LogP contribution in [-0.2, 0) is 9.09 Å². The highest BCUT2D eigenvalue weighted by molar-refractivity contribution is 7.46. The maximum atomic E-state index is 10.4. The molecule has 5 heteroatoms. The van der Waals surface area contributed by atoms with Crippen LogP contribution in [0, 0.1) is 0 Å². The van der Waals surface area contributed by atoms with Gasteiger partial charge < -0.3 is 4.52 Å². The largest absolute Gasteiger partial charge is 0.524 e. The predicted molar refractivity (Wildman–Crippen MR) is 88.0 cm³/mol. The number of hydrogen-bond donors (Lipinski definition) is 2. The van der Waals surface area contributed by atoms with Gasteiger partial charge in [0.2, 0.25) is 0 Å². The Morgan fingerprint density at radius 3 is 1.67 bits per heavy atom. The molecule has 0 rings (SSSR count). The Hall–Kier alpha value is -0.310. The van der Waals surface area contributed by atoms with Crippen molar-refractivity contribution in [2.75, 3.05) is 0 Å². The fraction of sp³-hybridized carbons (Fsp3) is 0.875. The van der Waals surface area contributed by atoms with E-state index in [1.54, 1.807) is 6.08 Å². The molecule has 0 saturated heterocycles. The van der Waals surface area contributed by atoms with E-state index < -0.39 is 7.82 Å². The summed E-state index contributed by atoms with van der Waals surface area (Å²) in [5, 5.41) is 0. The van der Waals surface area contributed by atoms with Crippen LogP contribution in [0.15, 0.2) is 12.3 Å². The van der Waals surface area contributed by atoms with Gasteiger partial charge >= 0.3 is 7.82 Å². The van der Waals surface area contributed by atoms with E-state index in [0.717, 1.165) is 19.1 Å². The average Bonchev–Trinajstić information content (AvgIpc) is 2.42. The Bertz CT molecular complexity index is 286. The van der Waals surface area contributed by atoms with Crippen molar-refractivity contribution in [3.63, 3.8) is 0 Å². The monoisotopic (exact) mass is 320 g/mol. The van der Waals surface area contributed by atoms with Crippen LogP contribution in [0.4, 0.5) is 0 Å². The minimum atomic E-state index is -4.34. The molecule has 126 valence electrons. The van der Waals surface area contributed by atoms with Gasteiger partial charge in [-0.3, -0.25) is 9.79 Å². The van der Waals surface area contributed by atoms with E-state index >= 15 is 0 Å². The lowest BCUT2D eigenvalue weighted by Gasteiger charge is -2.02. The van der Waals surface area contributed by atoms with Crippen molar-refractivity contribution in [2.45, 2.75) is 90.4 Å². The van der Waals surface area contributed by atoms with E-state index in [1.165, 1.54) is 70.6 Å². The molecule has 0 aromatic carbocycles. The second kappa shape index (κ2) is 14.6. The van der Waals surface area contributed by atoms with Crippen molar-refractivity contribution in [1.29, 1.82) is 0 Å². The third-order valence-electron chi connectivity index (χ3n) is 3.52. The van der Waals surface area contributed by atoms with Gasteiger partial charge in [0.1, 0.15) is 0 Å². The molecule has 0 amide bonds. The zero-order valence-electron chi connectivity index (χ0n) is 13.5. The Kier molecular flexibility index (Phi) is 14.4. The van der Waals surface area contributed by atoms with Gasteiger partial charge in [0.25, 0.3) is 0 Å². The van der Waals surface area contributed by atoms with Crippen LogP contribution in [0.5, 0.6) is 0 Å². The molecule has 2 N–H and O–H groups in total. The van der Waals surface area contributed by atoms with Crippen LogP contribution in [0.25, 0.3) is 0 Å². The van der Waals surface area contributed by atoms with Gasteiger partial charge in [0.05, 0.1) is 6.26 Å². The molecular weight excluding hydrogens is 287 g/mol. The number of rotatable bonds is 15. The summed E-state index contributed by atoms with van der Waals surface area (Å²) >= 11 is 0. The summed E-state index contributed by atoms with van der Waals surface area (Å²) in [6.45, 7) is 2.25. The third-order valence-corrected chi connectivity index (χ3v) is 3.92. The SMILES string of the molecule is CCCCCCCCCCCCCC/C=C/OP(=O)(O)O. The molecule has 0 fully saturated rings. The molecule has 0 unspecified atom stereocenters. The predicted octanol–water partition coefficient (Wildman–Crippen LogP) is 5.70. The third kappa shape index (κ3) is 19.7. The van der Waals surface area contributed by atoms with E-state index in [9.17, 15) is 4.57 Å². The standard InChI is InChI=1S/C16H33O4P/c1-2-3-4-5-6-7-8-9-10-11-12-13-14-15-16-20-21(17,18)19/h15-16H,2-14H2,1H3,(H2,17,18,19)/b16-15+. The number of hydrogen-bond acceptors (Lipinski definition) is 2. The molecule has 0 heterocycles. The minimum Gasteiger partial charge on any atom is -0.413 e. The van der Waals surface area contributed by atoms with Crippen LogP contribution >= 0.6 is 7.82 Å². The lowest BCUT2D eigenvalue weighted by atomic mass is 10.0. The Labute approximate surface area is 130 Å². The molecule has 4 nitrogen and oxygen atoms in total. The van der Waals surface area contributed by atoms with E-state index in [1.807, 2.05) is 0 Å². The van der Waals surface area contributed by atoms with Crippen molar-refractivity contribution in [1.82, 2.24) is 0 Å². The van der Waals surface area contributed by atoms with Gasteiger partial charge in [-0.15, -0.1) is 0 Å². The molecule has 0 aliphatic heterocycles. The molecule has 0 atom stereocenters. The zero-order chi connectivity index (χ0) is 15.8. The number of unbranched alkanes of at least 4 members (excludes halogenated alkanes) is 12. The normalized spacial score (nSPS) is 12.1. The first kappa shape index (κ1) is 20.7. The molecule has 0 spiro atoms. The van der Waals surface area contributed by atoms with Crippen molar-refractivity contribution in [3.05, 3.63) is 12.3 Å². The van der Waals surface area contributed by atoms with E-state index in [-0.39, 0.29) is 0 Å². The summed E-state index contributed by atoms with van der Waals surface area (Å²) in [5.41, 5.74) is 0. The summed E-state index contributed by atoms with van der Waals surface area (Å²) in [5.74, 6) is 0. The number of phosphoric ester groups is 1. The van der Waals surface area contributed by atoms with Crippen LogP contribution in [0.3, 0.4) is 0 Å². The summed E-state index contributed by atoms with van der Waals surface area (Å²) in [7, 11) is -4.34. The molecule has 0 aromatic rings. The fourth-order valence-electron chi connectivity index (χ4n) is 2.29. The highest BCUT2D eigenvalue weighted by Gasteiger charge is 2.10. The first-order valence-electron chi connectivity index (χ1n) is 8.45. The second-order valence-electron chi connectivity index (χ2n) is 5.65. The highest BCUT2D eigenvalue weighted by Crippen LogP contribution is 2.35. The van der Waals surface area contributed by atoms with Gasteiger partial charge in [-0.25, -0.2) is 4.57 Å². The summed E-state index contributed by atoms with van der Waals surface area (Å²) in [6, 6.07) is 0. The van der Waals surface area contributed by atoms with E-state index in [4.69, 9.17) is 9.79 Å². The first-order chi connectivity index (χ1) is 10.1. The van der Waals surface area contributed by atoms with E-state index in [2.05, 4.69) is 11.4 Å². The van der Waals surface area contributed by atoms with Crippen LogP contribution in [0.2, 0.25) is 0 Å². The first-order valence-corrected chi connectivity index (χ1v) is 9.98. The zero-order valence-corrected chi connectivity index (χ0v) is 14.4. The van der Waals surface area contributed by atoms with Crippen molar-refractivity contribution >= 4 is 7.82 Å². The molecule has 0 bridgehead atoms. The second-order valence-corrected chi connectivity index (χ2v) is 6.84. The Morgan fingerprint density at radius 1 is 0.810 bits per heavy atom. The van der Waals surface area contributed by atoms with Gasteiger partial charge in [0.15, 0.2) is 0 Å². The lowest BCUT2D eigenvalue weighted by Crippen LogP contribution is -1.82. The van der Waals surface area contributed by atoms with Gasteiger partial charge in [-0.2, -0.15) is 0 Å². The van der Waals surface area contributed by atoms with Crippen molar-refractivity contribution in [3.8, 4) is 0 Å². The smallest absolute Gasteiger partial charge is 0.413 e. The quantitative estimate of drug-likeness (QED) is 0.231. The summed E-state index contributed by atoms with van der Waals surface area (Å²) in [4.78, 5) is 16.9. The Balaban J connectivity index is 3.11. The number of phosphoric acid groups is 1. The van der Waals surface area contributed by atoms with Crippen LogP contribution in [0.1, 0.15) is 90.4 Å². The average molecular weight is 320 g/mol. The van der Waals surface area contributed by atoms with Crippen molar-refractivity contribution < 1.29 is 18.9 Å². The minimum absolute atomic E-state index is 0.817. The lowest BCUT2D eigenvalue weighted by molar-refractivity contribution is 0.258. The maximum absolute atomic E-state index is 10.4. The summed E-state index contributed by atoms with van der Waals surface area (Å²) < 4.78 is 14.6. The van der Waals surface area contributed by atoms with Crippen LogP contribution in [-0.4, -0.2) is 9.79 Å². The van der Waals surface area contributed by atoms with Crippen LogP contribution < -0.4 is 0 Å². The highest BCUT2D eigenvalue weighted by atomic mass is 31.2. The van der Waals surface area contributed by atoms with Gasteiger partial charge in [-0.1, -0.05) is 77.6 Å². The molecule has 21 heavy (non-hydrogen) atoms. The van der Waals surface area contributed by atoms with Gasteiger partial charge in [-0.05, 0) is 18.9 Å². The Morgan fingerprint density at radius 2 is 1.24 bits per heavy atom. The van der Waals surface area contributed by atoms with Gasteiger partial charge in [0, 0.05) is 0 Å². The molecule has 0 aromatic heterocycles. The molecular formula is C16H33O4P. The molecule has 0 aliphatic rings.